The average Bonchev–Trinajstić information content (AvgIpc) is 2.96. The Morgan fingerprint density at radius 2 is 2.05 bits per heavy atom. The molecule has 0 saturated heterocycles. The third kappa shape index (κ3) is 3.40. The van der Waals surface area contributed by atoms with Crippen LogP contribution in [0.1, 0.15) is 32.1 Å². The van der Waals surface area contributed by atoms with E-state index < -0.39 is 0 Å². The van der Waals surface area contributed by atoms with Crippen molar-refractivity contribution >= 4 is 21.9 Å². The quantitative estimate of drug-likeness (QED) is 0.889. The maximum atomic E-state index is 5.34. The van der Waals surface area contributed by atoms with Crippen molar-refractivity contribution in [1.82, 2.24) is 9.55 Å². The fourth-order valence-electron chi connectivity index (χ4n) is 2.85. The Bertz CT molecular complexity index is 605. The van der Waals surface area contributed by atoms with E-state index in [0.717, 1.165) is 21.9 Å². The summed E-state index contributed by atoms with van der Waals surface area (Å²) >= 11 is 3.53. The lowest BCUT2D eigenvalue weighted by molar-refractivity contribution is 0.414. The molecule has 1 aliphatic rings. The van der Waals surface area contributed by atoms with Crippen molar-refractivity contribution in [2.24, 2.45) is 0 Å². The molecule has 0 unspecified atom stereocenters. The zero-order valence-corrected chi connectivity index (χ0v) is 13.8. The van der Waals surface area contributed by atoms with Crippen molar-refractivity contribution < 1.29 is 4.74 Å². The van der Waals surface area contributed by atoms with Gasteiger partial charge in [-0.1, -0.05) is 35.2 Å². The van der Waals surface area contributed by atoms with Crippen molar-refractivity contribution in [3.63, 3.8) is 0 Å². The van der Waals surface area contributed by atoms with Crippen molar-refractivity contribution in [2.75, 3.05) is 12.4 Å². The highest BCUT2D eigenvalue weighted by molar-refractivity contribution is 9.10. The van der Waals surface area contributed by atoms with Gasteiger partial charge in [0.25, 0.3) is 0 Å². The third-order valence-electron chi connectivity index (χ3n) is 3.95. The van der Waals surface area contributed by atoms with E-state index in [-0.39, 0.29) is 0 Å². The summed E-state index contributed by atoms with van der Waals surface area (Å²) in [6.07, 6.45) is 10.2. The number of nitrogens with zero attached hydrogens (tertiary/aromatic N) is 2. The lowest BCUT2D eigenvalue weighted by Gasteiger charge is -2.23. The number of nitrogens with one attached hydrogen (secondary N) is 1. The zero-order chi connectivity index (χ0) is 14.7. The van der Waals surface area contributed by atoms with E-state index in [9.17, 15) is 0 Å². The van der Waals surface area contributed by atoms with Gasteiger partial charge in [0.05, 0.1) is 12.8 Å². The van der Waals surface area contributed by atoms with Crippen molar-refractivity contribution in [3.05, 3.63) is 35.1 Å². The molecule has 0 radical (unpaired) electrons. The molecule has 1 saturated carbocycles. The molecular weight excluding hydrogens is 330 g/mol. The summed E-state index contributed by atoms with van der Waals surface area (Å²) in [5, 5.41) is 3.58. The molecule has 2 aromatic rings. The Balaban J connectivity index is 1.86. The summed E-state index contributed by atoms with van der Waals surface area (Å²) in [6.45, 7) is 0. The number of hydrogen-bond acceptors (Lipinski definition) is 3. The van der Waals surface area contributed by atoms with E-state index in [4.69, 9.17) is 4.74 Å². The van der Waals surface area contributed by atoms with Gasteiger partial charge in [0.1, 0.15) is 5.75 Å². The third-order valence-corrected chi connectivity index (χ3v) is 4.41. The summed E-state index contributed by atoms with van der Waals surface area (Å²) in [5.41, 5.74) is 1.04. The van der Waals surface area contributed by atoms with E-state index in [0.29, 0.717) is 6.04 Å². The maximum Gasteiger partial charge on any atom is 0.207 e. The molecule has 0 atom stereocenters. The van der Waals surface area contributed by atoms with E-state index in [1.54, 1.807) is 7.11 Å². The first-order chi connectivity index (χ1) is 10.3. The molecule has 4 nitrogen and oxygen atoms in total. The van der Waals surface area contributed by atoms with Crippen LogP contribution < -0.4 is 10.1 Å². The molecule has 3 rings (SSSR count). The molecule has 5 heteroatoms. The molecule has 21 heavy (non-hydrogen) atoms. The second-order valence-electron chi connectivity index (χ2n) is 5.45. The summed E-state index contributed by atoms with van der Waals surface area (Å²) in [5.74, 6) is 1.73. The van der Waals surface area contributed by atoms with Gasteiger partial charge in [0, 0.05) is 29.0 Å². The predicted molar refractivity (Wildman–Crippen MR) is 88.3 cm³/mol. The van der Waals surface area contributed by atoms with Gasteiger partial charge in [-0.3, -0.25) is 4.57 Å². The number of methoxy groups -OCH3 is 1. The van der Waals surface area contributed by atoms with Crippen LogP contribution in [-0.4, -0.2) is 22.7 Å². The highest BCUT2D eigenvalue weighted by Gasteiger charge is 2.16. The molecule has 0 aliphatic heterocycles. The molecule has 1 heterocycles. The van der Waals surface area contributed by atoms with Crippen LogP contribution >= 0.6 is 15.9 Å². The first-order valence-corrected chi connectivity index (χ1v) is 8.20. The molecule has 1 aromatic carbocycles. The SMILES string of the molecule is COc1cc(Br)cc(-n2ccnc2NC2CCCCC2)c1. The zero-order valence-electron chi connectivity index (χ0n) is 12.2. The molecule has 0 amide bonds. The Morgan fingerprint density at radius 1 is 1.24 bits per heavy atom. The maximum absolute atomic E-state index is 5.34. The molecule has 1 aromatic heterocycles. The monoisotopic (exact) mass is 349 g/mol. The van der Waals surface area contributed by atoms with Gasteiger partial charge in [-0.2, -0.15) is 0 Å². The van der Waals surface area contributed by atoms with Crippen LogP contribution in [0.5, 0.6) is 5.75 Å². The van der Waals surface area contributed by atoms with Crippen LogP contribution in [0.25, 0.3) is 5.69 Å². The lowest BCUT2D eigenvalue weighted by atomic mass is 9.96. The van der Waals surface area contributed by atoms with Crippen LogP contribution in [0.2, 0.25) is 0 Å². The molecule has 0 spiro atoms. The topological polar surface area (TPSA) is 39.1 Å². The van der Waals surface area contributed by atoms with E-state index in [2.05, 4.69) is 36.9 Å². The fourth-order valence-corrected chi connectivity index (χ4v) is 3.31. The van der Waals surface area contributed by atoms with E-state index >= 15 is 0 Å². The minimum atomic E-state index is 0.536. The van der Waals surface area contributed by atoms with Gasteiger partial charge in [0.15, 0.2) is 0 Å². The van der Waals surface area contributed by atoms with Crippen LogP contribution in [0.4, 0.5) is 5.95 Å². The average molecular weight is 350 g/mol. The highest BCUT2D eigenvalue weighted by Crippen LogP contribution is 2.27. The summed E-state index contributed by atoms with van der Waals surface area (Å²) in [7, 11) is 1.68. The summed E-state index contributed by atoms with van der Waals surface area (Å²) in [4.78, 5) is 4.47. The number of ether oxygens (including phenoxy) is 1. The number of rotatable bonds is 4. The number of imidazole rings is 1. The lowest BCUT2D eigenvalue weighted by Crippen LogP contribution is -2.24. The van der Waals surface area contributed by atoms with Gasteiger partial charge in [-0.25, -0.2) is 4.98 Å². The standard InChI is InChI=1S/C16H20BrN3O/c1-21-15-10-12(17)9-14(11-15)20-8-7-18-16(20)19-13-5-3-2-4-6-13/h7-11,13H,2-6H2,1H3,(H,18,19). The first kappa shape index (κ1) is 14.4. The second-order valence-corrected chi connectivity index (χ2v) is 6.37. The Kier molecular flexibility index (Phi) is 4.48. The Morgan fingerprint density at radius 3 is 2.81 bits per heavy atom. The number of hydrogen-bond donors (Lipinski definition) is 1. The molecular formula is C16H20BrN3O. The van der Waals surface area contributed by atoms with Crippen LogP contribution in [-0.2, 0) is 0 Å². The highest BCUT2D eigenvalue weighted by atomic mass is 79.9. The molecule has 0 bridgehead atoms. The van der Waals surface area contributed by atoms with Crippen LogP contribution in [0, 0.1) is 0 Å². The van der Waals surface area contributed by atoms with Gasteiger partial charge in [-0.15, -0.1) is 0 Å². The minimum Gasteiger partial charge on any atom is -0.497 e. The second kappa shape index (κ2) is 6.52. The Labute approximate surface area is 133 Å². The van der Waals surface area contributed by atoms with Crippen molar-refractivity contribution in [2.45, 2.75) is 38.1 Å². The van der Waals surface area contributed by atoms with Crippen molar-refractivity contribution in [3.8, 4) is 11.4 Å². The molecule has 1 fully saturated rings. The van der Waals surface area contributed by atoms with Crippen LogP contribution in [0.15, 0.2) is 35.1 Å². The first-order valence-electron chi connectivity index (χ1n) is 7.41. The van der Waals surface area contributed by atoms with Crippen molar-refractivity contribution in [1.29, 1.82) is 0 Å². The number of halogens is 1. The Hall–Kier alpha value is -1.49. The summed E-state index contributed by atoms with van der Waals surface area (Å²) < 4.78 is 8.41. The van der Waals surface area contributed by atoms with Gasteiger partial charge in [0.2, 0.25) is 5.95 Å². The molecule has 112 valence electrons. The van der Waals surface area contributed by atoms with Gasteiger partial charge < -0.3 is 10.1 Å². The fraction of sp³-hybridized carbons (Fsp3) is 0.438. The predicted octanol–water partition coefficient (Wildman–Crippen LogP) is 4.39. The van der Waals surface area contributed by atoms with E-state index in [1.807, 2.05) is 24.5 Å². The van der Waals surface area contributed by atoms with E-state index in [1.165, 1.54) is 32.1 Å². The van der Waals surface area contributed by atoms with Gasteiger partial charge >= 0.3 is 0 Å². The van der Waals surface area contributed by atoms with Crippen LogP contribution in [0.3, 0.4) is 0 Å². The minimum absolute atomic E-state index is 0.536. The smallest absolute Gasteiger partial charge is 0.207 e. The molecule has 1 aliphatic carbocycles. The largest absolute Gasteiger partial charge is 0.497 e. The van der Waals surface area contributed by atoms with Gasteiger partial charge in [-0.05, 0) is 25.0 Å². The normalized spacial score (nSPS) is 15.9. The number of anilines is 1. The number of aromatic nitrogens is 2. The molecule has 1 N–H and O–H groups in total. The number of benzene rings is 1. The summed E-state index contributed by atoms with van der Waals surface area (Å²) in [6, 6.07) is 6.57.